The average molecular weight is 1310 g/mol. The van der Waals surface area contributed by atoms with Crippen LogP contribution in [0.2, 0.25) is 72.5 Å². The molecule has 0 N–H and O–H groups in total. The third-order valence-corrected chi connectivity index (χ3v) is 38.0. The molecule has 0 unspecified atom stereocenters. The fourth-order valence-corrected chi connectivity index (χ4v) is 14.9. The third kappa shape index (κ3) is 15.4. The van der Waals surface area contributed by atoms with Gasteiger partial charge in [-0.2, -0.15) is 0 Å². The average Bonchev–Trinajstić information content (AvgIpc) is 0.751. The standard InChI is InChI=1S/C80H104O8Si4/c1-77(2,3)89(14,15)85-68-44-38-57-32-22-24-34-64(57)72(68)74-66-42-36-55(50-59(66)40-46-70(74)87-91(18,19)79(7,8)9)30-26-28-48-83-62-52-61(76(81)82-13)53-63(54-62)84-49-29-27-31-56-37-43-67-60(51-56)41-47-71(88-92(20,21)80(10,11)12)75(67)73-65-35-25-23-33-58(65)39-45-69(73)86-90(16,17)78(4,5)6/h22-25,32-47,50-54H,26-31,48-49H2,1-21H3. The highest BCUT2D eigenvalue weighted by atomic mass is 28.4. The molecular formula is C80H104O8Si4. The number of carbonyl (C=O) groups is 1. The summed E-state index contributed by atoms with van der Waals surface area (Å²) in [5.41, 5.74) is 7.28. The van der Waals surface area contributed by atoms with Crippen molar-refractivity contribution in [1.82, 2.24) is 0 Å². The number of unbranched alkanes of at least 4 members (excludes halogenated alkanes) is 2. The van der Waals surface area contributed by atoms with Crippen LogP contribution in [0.5, 0.6) is 34.5 Å². The number of hydrogen-bond acceptors (Lipinski definition) is 8. The molecule has 0 atom stereocenters. The first-order valence-electron chi connectivity index (χ1n) is 33.4. The van der Waals surface area contributed by atoms with Crippen molar-refractivity contribution in [3.05, 3.63) is 168 Å². The Hall–Kier alpha value is -6.84. The Kier molecular flexibility index (Phi) is 20.3. The molecule has 9 aromatic rings. The van der Waals surface area contributed by atoms with E-state index >= 15 is 0 Å². The molecule has 0 aromatic heterocycles. The van der Waals surface area contributed by atoms with Crippen LogP contribution < -0.4 is 27.2 Å². The van der Waals surface area contributed by atoms with Crippen molar-refractivity contribution in [2.24, 2.45) is 0 Å². The van der Waals surface area contributed by atoms with Crippen LogP contribution in [0.1, 0.15) is 130 Å². The topological polar surface area (TPSA) is 81.7 Å². The van der Waals surface area contributed by atoms with Gasteiger partial charge in [-0.15, -0.1) is 0 Å². The van der Waals surface area contributed by atoms with Crippen LogP contribution in [0.3, 0.4) is 0 Å². The summed E-state index contributed by atoms with van der Waals surface area (Å²) in [5.74, 6) is 4.36. The Morgan fingerprint density at radius 2 is 0.652 bits per heavy atom. The van der Waals surface area contributed by atoms with E-state index in [-0.39, 0.29) is 20.2 Å². The van der Waals surface area contributed by atoms with Crippen molar-refractivity contribution in [3.63, 3.8) is 0 Å². The minimum Gasteiger partial charge on any atom is -0.543 e. The summed E-state index contributed by atoms with van der Waals surface area (Å²) in [6, 6.07) is 54.2. The normalized spacial score (nSPS) is 13.0. The van der Waals surface area contributed by atoms with E-state index in [0.717, 1.165) is 105 Å². The van der Waals surface area contributed by atoms with E-state index in [1.807, 2.05) is 6.07 Å². The quantitative estimate of drug-likeness (QED) is 0.0356. The van der Waals surface area contributed by atoms with Gasteiger partial charge in [-0.3, -0.25) is 0 Å². The van der Waals surface area contributed by atoms with Gasteiger partial charge in [0.05, 0.1) is 25.9 Å². The predicted octanol–water partition coefficient (Wildman–Crippen LogP) is 23.8. The molecule has 12 heteroatoms. The number of hydrogen-bond donors (Lipinski definition) is 0. The third-order valence-electron chi connectivity index (χ3n) is 20.6. The van der Waals surface area contributed by atoms with Crippen molar-refractivity contribution >= 4 is 82.3 Å². The van der Waals surface area contributed by atoms with Gasteiger partial charge in [-0.05, 0) is 202 Å². The second kappa shape index (κ2) is 26.9. The summed E-state index contributed by atoms with van der Waals surface area (Å²) in [7, 11) is -7.64. The van der Waals surface area contributed by atoms with Gasteiger partial charge in [0.15, 0.2) is 0 Å². The first-order valence-corrected chi connectivity index (χ1v) is 45.0. The summed E-state index contributed by atoms with van der Waals surface area (Å²) in [6.45, 7) is 47.1. The number of rotatable bonds is 23. The zero-order valence-electron chi connectivity index (χ0n) is 59.4. The maximum Gasteiger partial charge on any atom is 0.338 e. The second-order valence-electron chi connectivity index (χ2n) is 31.6. The molecule has 92 heavy (non-hydrogen) atoms. The van der Waals surface area contributed by atoms with Gasteiger partial charge in [-0.25, -0.2) is 4.79 Å². The van der Waals surface area contributed by atoms with Gasteiger partial charge in [-0.1, -0.05) is 192 Å². The highest BCUT2D eigenvalue weighted by molar-refractivity contribution is 6.76. The summed E-state index contributed by atoms with van der Waals surface area (Å²) in [6.07, 6.45) is 5.25. The van der Waals surface area contributed by atoms with Crippen molar-refractivity contribution in [3.8, 4) is 56.8 Å². The van der Waals surface area contributed by atoms with Gasteiger partial charge in [0.1, 0.15) is 34.5 Å². The predicted molar refractivity (Wildman–Crippen MR) is 400 cm³/mol. The molecule has 0 aliphatic rings. The van der Waals surface area contributed by atoms with Crippen LogP contribution in [0.15, 0.2) is 152 Å². The van der Waals surface area contributed by atoms with E-state index in [2.05, 4.69) is 269 Å². The van der Waals surface area contributed by atoms with E-state index in [1.54, 1.807) is 12.1 Å². The molecule has 0 saturated carbocycles. The molecule has 9 rings (SSSR count). The van der Waals surface area contributed by atoms with E-state index in [4.69, 9.17) is 31.9 Å². The van der Waals surface area contributed by atoms with Crippen LogP contribution >= 0.6 is 0 Å². The molecule has 488 valence electrons. The van der Waals surface area contributed by atoms with E-state index < -0.39 is 39.2 Å². The number of fused-ring (bicyclic) bond motifs is 4. The van der Waals surface area contributed by atoms with Gasteiger partial charge >= 0.3 is 5.97 Å². The first-order chi connectivity index (χ1) is 43.0. The molecule has 8 nitrogen and oxygen atoms in total. The number of methoxy groups -OCH3 is 1. The monoisotopic (exact) mass is 1300 g/mol. The van der Waals surface area contributed by atoms with Gasteiger partial charge in [0.2, 0.25) is 0 Å². The summed E-state index contributed by atoms with van der Waals surface area (Å²) >= 11 is 0. The van der Waals surface area contributed by atoms with E-state index in [9.17, 15) is 4.79 Å². The second-order valence-corrected chi connectivity index (χ2v) is 50.5. The molecule has 0 aliphatic heterocycles. The van der Waals surface area contributed by atoms with Crippen LogP contribution in [-0.2, 0) is 17.6 Å². The zero-order valence-corrected chi connectivity index (χ0v) is 63.4. The molecule has 0 heterocycles. The number of esters is 1. The molecule has 0 amide bonds. The van der Waals surface area contributed by atoms with Crippen LogP contribution in [0, 0.1) is 0 Å². The number of aryl methyl sites for hydroxylation is 2. The largest absolute Gasteiger partial charge is 0.543 e. The maximum absolute atomic E-state index is 13.0. The highest BCUT2D eigenvalue weighted by Crippen LogP contribution is 2.52. The van der Waals surface area contributed by atoms with E-state index in [1.165, 1.54) is 39.8 Å². The maximum atomic E-state index is 13.0. The lowest BCUT2D eigenvalue weighted by Gasteiger charge is -2.38. The Morgan fingerprint density at radius 1 is 0.348 bits per heavy atom. The molecule has 9 aromatic carbocycles. The molecule has 0 aliphatic carbocycles. The van der Waals surface area contributed by atoms with Gasteiger partial charge in [0, 0.05) is 28.3 Å². The van der Waals surface area contributed by atoms with Crippen LogP contribution in [0.4, 0.5) is 0 Å². The van der Waals surface area contributed by atoms with Crippen molar-refractivity contribution < 1.29 is 36.7 Å². The highest BCUT2D eigenvalue weighted by Gasteiger charge is 2.44. The van der Waals surface area contributed by atoms with Crippen molar-refractivity contribution in [2.75, 3.05) is 20.3 Å². The first kappa shape index (κ1) is 69.5. The lowest BCUT2D eigenvalue weighted by Crippen LogP contribution is -2.44. The van der Waals surface area contributed by atoms with Gasteiger partial charge < -0.3 is 31.9 Å². The fourth-order valence-electron chi connectivity index (χ4n) is 10.8. The minimum absolute atomic E-state index is 0.00257. The Balaban J connectivity index is 0.887. The summed E-state index contributed by atoms with van der Waals surface area (Å²) in [5, 5.41) is 9.30. The number of ether oxygens (including phenoxy) is 3. The SMILES string of the molecule is COC(=O)c1cc(OCCCCc2ccc3c(-c4c(O[Si](C)(C)C(C)(C)C)ccc5ccccc45)c(O[Si](C)(C)C(C)(C)C)ccc3c2)cc(OCCCCc2ccc3c(-c4c(O[Si](C)(C)C(C)(C)C)ccc5ccccc45)c(O[Si](C)(C)C(C)(C)C)ccc3c2)c1. The Labute approximate surface area is 555 Å². The molecular weight excluding hydrogens is 1200 g/mol. The summed E-state index contributed by atoms with van der Waals surface area (Å²) in [4.78, 5) is 13.0. The van der Waals surface area contributed by atoms with Gasteiger partial charge in [0.25, 0.3) is 33.3 Å². The number of carbonyl (C=O) groups excluding carboxylic acids is 1. The summed E-state index contributed by atoms with van der Waals surface area (Å²) < 4.78 is 47.1. The minimum atomic E-state index is -2.27. The number of benzene rings is 9. The van der Waals surface area contributed by atoms with Crippen molar-refractivity contribution in [1.29, 1.82) is 0 Å². The fraction of sp³-hybridized carbons (Fsp3) is 0.412. The molecule has 0 radical (unpaired) electrons. The van der Waals surface area contributed by atoms with Crippen LogP contribution in [0.25, 0.3) is 65.3 Å². The lowest BCUT2D eigenvalue weighted by molar-refractivity contribution is 0.0599. The van der Waals surface area contributed by atoms with E-state index in [0.29, 0.717) is 30.3 Å². The Bertz CT molecular complexity index is 3880. The zero-order chi connectivity index (χ0) is 67.0. The molecule has 0 fully saturated rings. The molecule has 0 spiro atoms. The smallest absolute Gasteiger partial charge is 0.338 e. The molecule has 0 saturated heterocycles. The van der Waals surface area contributed by atoms with Crippen molar-refractivity contribution in [2.45, 2.75) is 194 Å². The lowest BCUT2D eigenvalue weighted by atomic mass is 9.91. The van der Waals surface area contributed by atoms with Crippen LogP contribution in [-0.4, -0.2) is 59.6 Å². The Morgan fingerprint density at radius 3 is 0.967 bits per heavy atom. The molecule has 0 bridgehead atoms.